The fraction of sp³-hybridized carbons (Fsp3) is 0.258. The van der Waals surface area contributed by atoms with Crippen LogP contribution in [0.15, 0.2) is 54.7 Å². The molecule has 42 heavy (non-hydrogen) atoms. The molecule has 2 aromatic carbocycles. The molecular weight excluding hydrogens is 561 g/mol. The summed E-state index contributed by atoms with van der Waals surface area (Å²) in [5.74, 6) is -1.60. The van der Waals surface area contributed by atoms with Gasteiger partial charge in [0.2, 0.25) is 11.8 Å². The number of carboxylic acid groups (broad SMARTS) is 1. The van der Waals surface area contributed by atoms with E-state index in [2.05, 4.69) is 15.6 Å². The number of fused-ring (bicyclic) bond motifs is 4. The molecule has 0 fully saturated rings. The summed E-state index contributed by atoms with van der Waals surface area (Å²) in [6, 6.07) is 12.9. The van der Waals surface area contributed by atoms with Crippen LogP contribution in [-0.2, 0) is 9.59 Å². The van der Waals surface area contributed by atoms with Gasteiger partial charge in [-0.1, -0.05) is 24.9 Å². The van der Waals surface area contributed by atoms with E-state index < -0.39 is 11.9 Å². The van der Waals surface area contributed by atoms with Gasteiger partial charge in [-0.15, -0.1) is 0 Å². The standard InChI is InChI=1S/C31H27ClFN5O4/c1-17-3-2-4-26(38-12-10-19(14-27(38)39)28-20(16-34)5-8-23(32)29(28)33)18-9-11-35-24(13-18)22-7-6-21(36-31(41)42)15-25(22)37-30(17)40/h5-9,11,13-15,17,26,36H,2-4,10,12H2,1H3,(H,37,40)(H,41,42)/t17-,26+/m1/s1. The van der Waals surface area contributed by atoms with E-state index in [0.29, 0.717) is 60.4 Å². The van der Waals surface area contributed by atoms with Gasteiger partial charge < -0.3 is 15.3 Å². The summed E-state index contributed by atoms with van der Waals surface area (Å²) in [6.07, 6.45) is 3.90. The lowest BCUT2D eigenvalue weighted by atomic mass is 9.90. The topological polar surface area (TPSA) is 135 Å². The van der Waals surface area contributed by atoms with Gasteiger partial charge in [0.25, 0.3) is 0 Å². The van der Waals surface area contributed by atoms with Gasteiger partial charge in [0, 0.05) is 41.5 Å². The number of nitrogens with one attached hydrogen (secondary N) is 2. The largest absolute Gasteiger partial charge is 0.465 e. The number of halogens is 2. The molecule has 3 N–H and O–H groups in total. The van der Waals surface area contributed by atoms with Crippen molar-refractivity contribution < 1.29 is 23.9 Å². The second-order valence-corrected chi connectivity index (χ2v) is 10.8. The van der Waals surface area contributed by atoms with Crippen molar-refractivity contribution in [1.29, 1.82) is 5.26 Å². The van der Waals surface area contributed by atoms with Crippen LogP contribution in [-0.4, -0.2) is 39.4 Å². The summed E-state index contributed by atoms with van der Waals surface area (Å²) in [5, 5.41) is 23.8. The molecule has 0 saturated heterocycles. The zero-order valence-electron chi connectivity index (χ0n) is 22.7. The van der Waals surface area contributed by atoms with Crippen molar-refractivity contribution >= 4 is 46.5 Å². The molecule has 1 aromatic heterocycles. The summed E-state index contributed by atoms with van der Waals surface area (Å²) < 4.78 is 15.0. The molecule has 2 bridgehead atoms. The highest BCUT2D eigenvalue weighted by atomic mass is 35.5. The van der Waals surface area contributed by atoms with E-state index in [1.54, 1.807) is 29.3 Å². The fourth-order valence-corrected chi connectivity index (χ4v) is 5.66. The van der Waals surface area contributed by atoms with Crippen LogP contribution in [0.2, 0.25) is 5.02 Å². The number of nitrogens with zero attached hydrogens (tertiary/aromatic N) is 3. The number of carbonyl (C=O) groups is 3. The summed E-state index contributed by atoms with van der Waals surface area (Å²) in [7, 11) is 0. The number of carbonyl (C=O) groups excluding carboxylic acids is 2. The van der Waals surface area contributed by atoms with Gasteiger partial charge in [0.05, 0.1) is 34.1 Å². The zero-order valence-corrected chi connectivity index (χ0v) is 23.4. The number of hydrogen-bond acceptors (Lipinski definition) is 5. The van der Waals surface area contributed by atoms with Crippen LogP contribution in [0.4, 0.5) is 20.6 Å². The highest BCUT2D eigenvalue weighted by Crippen LogP contribution is 2.38. The Hall–Kier alpha value is -4.75. The first kappa shape index (κ1) is 28.8. The predicted molar refractivity (Wildman–Crippen MR) is 156 cm³/mol. The lowest BCUT2D eigenvalue weighted by Gasteiger charge is -2.35. The van der Waals surface area contributed by atoms with Crippen LogP contribution in [0, 0.1) is 23.1 Å². The minimum Gasteiger partial charge on any atom is -0.465 e. The van der Waals surface area contributed by atoms with Crippen LogP contribution >= 0.6 is 11.6 Å². The van der Waals surface area contributed by atoms with Gasteiger partial charge in [-0.2, -0.15) is 5.26 Å². The molecule has 0 saturated carbocycles. The Morgan fingerprint density at radius 2 is 2.02 bits per heavy atom. The Kier molecular flexibility index (Phi) is 8.22. The maximum absolute atomic E-state index is 15.0. The third kappa shape index (κ3) is 5.83. The maximum Gasteiger partial charge on any atom is 0.409 e. The van der Waals surface area contributed by atoms with E-state index >= 15 is 0 Å². The minimum absolute atomic E-state index is 0.0519. The number of benzene rings is 2. The van der Waals surface area contributed by atoms with E-state index in [4.69, 9.17) is 16.7 Å². The quantitative estimate of drug-likeness (QED) is 0.315. The Balaban J connectivity index is 1.54. The Labute approximate surface area is 246 Å². The Bertz CT molecular complexity index is 1670. The fourth-order valence-electron chi connectivity index (χ4n) is 5.50. The summed E-state index contributed by atoms with van der Waals surface area (Å²) in [5.41, 5.74) is 3.28. The molecular formula is C31H27ClFN5O4. The van der Waals surface area contributed by atoms with Gasteiger partial charge in [0.1, 0.15) is 0 Å². The molecule has 2 aliphatic heterocycles. The van der Waals surface area contributed by atoms with Crippen LogP contribution in [0.25, 0.3) is 16.8 Å². The number of rotatable bonds is 3. The molecule has 0 radical (unpaired) electrons. The number of nitriles is 1. The second-order valence-electron chi connectivity index (χ2n) is 10.3. The average molecular weight is 588 g/mol. The third-order valence-corrected chi connectivity index (χ3v) is 7.94. The molecule has 3 heterocycles. The minimum atomic E-state index is -1.23. The van der Waals surface area contributed by atoms with Gasteiger partial charge in [0.15, 0.2) is 5.82 Å². The molecule has 0 aliphatic carbocycles. The number of aromatic nitrogens is 1. The molecule has 214 valence electrons. The SMILES string of the molecule is C[C@@H]1CCC[C@H](N2CCC(c3c(C#N)ccc(Cl)c3F)=CC2=O)c2ccnc(c2)-c2ccc(NC(=O)O)cc2NC1=O. The summed E-state index contributed by atoms with van der Waals surface area (Å²) in [6.45, 7) is 2.11. The smallest absolute Gasteiger partial charge is 0.409 e. The second kappa shape index (κ2) is 12.0. The van der Waals surface area contributed by atoms with Crippen molar-refractivity contribution in [3.05, 3.63) is 82.3 Å². The third-order valence-electron chi connectivity index (χ3n) is 7.65. The Morgan fingerprint density at radius 1 is 1.21 bits per heavy atom. The molecule has 3 aromatic rings. The number of anilines is 2. The normalized spacial score (nSPS) is 18.9. The number of hydrogen-bond donors (Lipinski definition) is 3. The van der Waals surface area contributed by atoms with E-state index in [0.717, 1.165) is 5.56 Å². The van der Waals surface area contributed by atoms with Crippen molar-refractivity contribution in [1.82, 2.24) is 9.88 Å². The lowest BCUT2D eigenvalue weighted by molar-refractivity contribution is -0.129. The van der Waals surface area contributed by atoms with Crippen molar-refractivity contribution in [2.75, 3.05) is 17.2 Å². The van der Waals surface area contributed by atoms with Crippen molar-refractivity contribution in [2.45, 2.75) is 38.6 Å². The van der Waals surface area contributed by atoms with E-state index in [9.17, 15) is 24.0 Å². The van der Waals surface area contributed by atoms with Gasteiger partial charge in [-0.25, -0.2) is 9.18 Å². The van der Waals surface area contributed by atoms with Crippen LogP contribution in [0.5, 0.6) is 0 Å². The molecule has 0 spiro atoms. The van der Waals surface area contributed by atoms with Crippen LogP contribution in [0.3, 0.4) is 0 Å². The summed E-state index contributed by atoms with van der Waals surface area (Å²) >= 11 is 5.99. The van der Waals surface area contributed by atoms with Crippen molar-refractivity contribution in [3.8, 4) is 17.3 Å². The highest BCUT2D eigenvalue weighted by molar-refractivity contribution is 6.31. The Morgan fingerprint density at radius 3 is 2.76 bits per heavy atom. The van der Waals surface area contributed by atoms with Gasteiger partial charge in [-0.05, 0) is 72.9 Å². The highest BCUT2D eigenvalue weighted by Gasteiger charge is 2.31. The average Bonchev–Trinajstić information content (AvgIpc) is 2.96. The van der Waals surface area contributed by atoms with Gasteiger partial charge >= 0.3 is 6.09 Å². The molecule has 11 heteroatoms. The number of pyridine rings is 1. The molecule has 2 aliphatic rings. The molecule has 9 nitrogen and oxygen atoms in total. The summed E-state index contributed by atoms with van der Waals surface area (Å²) in [4.78, 5) is 44.1. The lowest BCUT2D eigenvalue weighted by Crippen LogP contribution is -2.37. The van der Waals surface area contributed by atoms with Gasteiger partial charge in [-0.3, -0.25) is 19.9 Å². The van der Waals surface area contributed by atoms with Crippen molar-refractivity contribution in [3.63, 3.8) is 0 Å². The maximum atomic E-state index is 15.0. The van der Waals surface area contributed by atoms with E-state index in [1.165, 1.54) is 18.2 Å². The monoisotopic (exact) mass is 587 g/mol. The predicted octanol–water partition coefficient (Wildman–Crippen LogP) is 6.62. The van der Waals surface area contributed by atoms with E-state index in [1.807, 2.05) is 25.1 Å². The van der Waals surface area contributed by atoms with E-state index in [-0.39, 0.29) is 39.9 Å². The molecule has 5 rings (SSSR count). The van der Waals surface area contributed by atoms with Crippen molar-refractivity contribution in [2.24, 2.45) is 5.92 Å². The zero-order chi connectivity index (χ0) is 30.0. The number of amides is 3. The first-order chi connectivity index (χ1) is 20.2. The first-order valence-electron chi connectivity index (χ1n) is 13.5. The molecule has 3 amide bonds. The first-order valence-corrected chi connectivity index (χ1v) is 13.8. The molecule has 0 unspecified atom stereocenters. The van der Waals surface area contributed by atoms with Crippen LogP contribution in [0.1, 0.15) is 55.3 Å². The van der Waals surface area contributed by atoms with Crippen LogP contribution < -0.4 is 10.6 Å². The molecule has 2 atom stereocenters.